The molecule has 1 heterocycles. The van der Waals surface area contributed by atoms with Crippen LogP contribution in [-0.4, -0.2) is 10.1 Å². The summed E-state index contributed by atoms with van der Waals surface area (Å²) in [6.07, 6.45) is 2.29. The molecule has 94 valence electrons. The van der Waals surface area contributed by atoms with Crippen LogP contribution in [0.25, 0.3) is 0 Å². The van der Waals surface area contributed by atoms with Crippen molar-refractivity contribution in [3.05, 3.63) is 53.5 Å². The lowest BCUT2D eigenvalue weighted by Gasteiger charge is -2.08. The van der Waals surface area contributed by atoms with Crippen LogP contribution in [-0.2, 0) is 13.0 Å². The van der Waals surface area contributed by atoms with Gasteiger partial charge in [0, 0.05) is 11.8 Å². The smallest absolute Gasteiger partial charge is 0.256 e. The summed E-state index contributed by atoms with van der Waals surface area (Å²) >= 11 is 0. The maximum absolute atomic E-state index is 13.8. The molecule has 3 nitrogen and oxygen atoms in total. The molecule has 2 aromatic rings. The maximum atomic E-state index is 13.8. The summed E-state index contributed by atoms with van der Waals surface area (Å²) in [4.78, 5) is 3.83. The largest absolute Gasteiger partial charge is 0.436 e. The number of aliphatic hydroxyl groups is 1. The quantitative estimate of drug-likeness (QED) is 0.902. The lowest BCUT2D eigenvalue weighted by Crippen LogP contribution is -1.97. The third kappa shape index (κ3) is 2.65. The molecule has 18 heavy (non-hydrogen) atoms. The average Bonchev–Trinajstić information content (AvgIpc) is 2.41. The molecule has 0 spiro atoms. The van der Waals surface area contributed by atoms with Crippen molar-refractivity contribution in [3.8, 4) is 11.6 Å². The van der Waals surface area contributed by atoms with Crippen molar-refractivity contribution in [2.75, 3.05) is 0 Å². The Bertz CT molecular complexity index is 543. The highest BCUT2D eigenvalue weighted by atomic mass is 19.1. The van der Waals surface area contributed by atoms with E-state index in [2.05, 4.69) is 4.98 Å². The SMILES string of the molecule is CCc1cccc(Oc2nccc(CO)c2F)c1. The molecule has 1 aromatic carbocycles. The first-order chi connectivity index (χ1) is 8.74. The van der Waals surface area contributed by atoms with Gasteiger partial charge < -0.3 is 9.84 Å². The zero-order valence-corrected chi connectivity index (χ0v) is 10.1. The van der Waals surface area contributed by atoms with Crippen molar-refractivity contribution in [2.24, 2.45) is 0 Å². The molecule has 0 saturated heterocycles. The Morgan fingerprint density at radius 3 is 2.89 bits per heavy atom. The van der Waals surface area contributed by atoms with Crippen LogP contribution in [0.5, 0.6) is 11.6 Å². The van der Waals surface area contributed by atoms with Crippen molar-refractivity contribution in [3.63, 3.8) is 0 Å². The Morgan fingerprint density at radius 1 is 1.33 bits per heavy atom. The molecular weight excluding hydrogens is 233 g/mol. The van der Waals surface area contributed by atoms with Gasteiger partial charge >= 0.3 is 0 Å². The molecule has 0 saturated carbocycles. The number of aryl methyl sites for hydroxylation is 1. The third-order valence-corrected chi connectivity index (χ3v) is 2.63. The topological polar surface area (TPSA) is 42.4 Å². The molecule has 0 aliphatic rings. The van der Waals surface area contributed by atoms with E-state index < -0.39 is 5.82 Å². The Hall–Kier alpha value is -1.94. The summed E-state index contributed by atoms with van der Waals surface area (Å²) in [6, 6.07) is 8.83. The highest BCUT2D eigenvalue weighted by Gasteiger charge is 2.11. The molecule has 0 aliphatic heterocycles. The van der Waals surface area contributed by atoms with Crippen molar-refractivity contribution >= 4 is 0 Å². The van der Waals surface area contributed by atoms with Gasteiger partial charge in [-0.25, -0.2) is 9.37 Å². The van der Waals surface area contributed by atoms with Gasteiger partial charge in [0.2, 0.25) is 0 Å². The second-order valence-electron chi connectivity index (χ2n) is 3.85. The van der Waals surface area contributed by atoms with E-state index in [9.17, 15) is 4.39 Å². The lowest BCUT2D eigenvalue weighted by molar-refractivity contribution is 0.273. The Morgan fingerprint density at radius 2 is 2.17 bits per heavy atom. The molecule has 1 N–H and O–H groups in total. The minimum atomic E-state index is -0.623. The fourth-order valence-electron chi connectivity index (χ4n) is 1.60. The lowest BCUT2D eigenvalue weighted by atomic mass is 10.2. The minimum absolute atomic E-state index is 0.116. The van der Waals surface area contributed by atoms with Gasteiger partial charge in [-0.15, -0.1) is 0 Å². The highest BCUT2D eigenvalue weighted by molar-refractivity contribution is 5.33. The molecule has 0 atom stereocenters. The number of pyridine rings is 1. The monoisotopic (exact) mass is 247 g/mol. The number of halogens is 1. The van der Waals surface area contributed by atoms with Crippen LogP contribution < -0.4 is 4.74 Å². The fourth-order valence-corrected chi connectivity index (χ4v) is 1.60. The first-order valence-electron chi connectivity index (χ1n) is 5.75. The number of hydrogen-bond donors (Lipinski definition) is 1. The fraction of sp³-hybridized carbons (Fsp3) is 0.214. The van der Waals surface area contributed by atoms with E-state index >= 15 is 0 Å². The second kappa shape index (κ2) is 5.60. The standard InChI is InChI=1S/C14H14FNO2/c1-2-10-4-3-5-12(8-10)18-14-13(15)11(9-17)6-7-16-14/h3-8,17H,2,9H2,1H3. The molecule has 4 heteroatoms. The van der Waals surface area contributed by atoms with Crippen LogP contribution in [0.2, 0.25) is 0 Å². The first kappa shape index (κ1) is 12.5. The van der Waals surface area contributed by atoms with Crippen LogP contribution in [0.4, 0.5) is 4.39 Å². The summed E-state index contributed by atoms with van der Waals surface area (Å²) in [5.74, 6) is -0.201. The molecule has 0 fully saturated rings. The number of aliphatic hydroxyl groups excluding tert-OH is 1. The molecule has 0 aliphatic carbocycles. The normalized spacial score (nSPS) is 10.4. The van der Waals surface area contributed by atoms with Gasteiger partial charge in [0.15, 0.2) is 5.82 Å². The van der Waals surface area contributed by atoms with Gasteiger partial charge in [0.25, 0.3) is 5.88 Å². The van der Waals surface area contributed by atoms with Gasteiger partial charge in [-0.2, -0.15) is 0 Å². The van der Waals surface area contributed by atoms with Crippen LogP contribution >= 0.6 is 0 Å². The van der Waals surface area contributed by atoms with E-state index in [0.29, 0.717) is 5.75 Å². The summed E-state index contributed by atoms with van der Waals surface area (Å²) in [7, 11) is 0. The number of nitrogens with zero attached hydrogens (tertiary/aromatic N) is 1. The first-order valence-corrected chi connectivity index (χ1v) is 5.75. The van der Waals surface area contributed by atoms with E-state index in [4.69, 9.17) is 9.84 Å². The van der Waals surface area contributed by atoms with E-state index in [-0.39, 0.29) is 18.1 Å². The van der Waals surface area contributed by atoms with Gasteiger partial charge in [-0.1, -0.05) is 19.1 Å². The molecule has 0 radical (unpaired) electrons. The number of rotatable bonds is 4. The van der Waals surface area contributed by atoms with E-state index in [1.165, 1.54) is 12.3 Å². The van der Waals surface area contributed by atoms with E-state index in [0.717, 1.165) is 12.0 Å². The van der Waals surface area contributed by atoms with Gasteiger partial charge in [0.05, 0.1) is 6.61 Å². The molecule has 0 bridgehead atoms. The van der Waals surface area contributed by atoms with Crippen LogP contribution in [0.15, 0.2) is 36.5 Å². The van der Waals surface area contributed by atoms with E-state index in [1.54, 1.807) is 6.07 Å². The highest BCUT2D eigenvalue weighted by Crippen LogP contribution is 2.24. The van der Waals surface area contributed by atoms with Crippen molar-refractivity contribution in [1.29, 1.82) is 0 Å². The molecule has 2 rings (SSSR count). The Kier molecular flexibility index (Phi) is 3.89. The van der Waals surface area contributed by atoms with Crippen molar-refractivity contribution in [1.82, 2.24) is 4.98 Å². The molecule has 0 amide bonds. The van der Waals surface area contributed by atoms with Crippen LogP contribution in [0.1, 0.15) is 18.1 Å². The summed E-state index contributed by atoms with van der Waals surface area (Å²) in [6.45, 7) is 1.66. The zero-order valence-electron chi connectivity index (χ0n) is 10.1. The van der Waals surface area contributed by atoms with Gasteiger partial charge in [-0.3, -0.25) is 0 Å². The van der Waals surface area contributed by atoms with Gasteiger partial charge in [0.1, 0.15) is 5.75 Å². The third-order valence-electron chi connectivity index (χ3n) is 2.63. The van der Waals surface area contributed by atoms with E-state index in [1.807, 2.05) is 25.1 Å². The summed E-state index contributed by atoms with van der Waals surface area (Å²) in [5, 5.41) is 8.97. The zero-order chi connectivity index (χ0) is 13.0. The van der Waals surface area contributed by atoms with Crippen LogP contribution in [0.3, 0.4) is 0 Å². The number of benzene rings is 1. The van der Waals surface area contributed by atoms with Crippen molar-refractivity contribution in [2.45, 2.75) is 20.0 Å². The number of hydrogen-bond acceptors (Lipinski definition) is 3. The maximum Gasteiger partial charge on any atom is 0.256 e. The predicted octanol–water partition coefficient (Wildman–Crippen LogP) is 3.07. The van der Waals surface area contributed by atoms with Crippen molar-refractivity contribution < 1.29 is 14.2 Å². The average molecular weight is 247 g/mol. The van der Waals surface area contributed by atoms with Crippen LogP contribution in [0, 0.1) is 5.82 Å². The Balaban J connectivity index is 2.28. The summed E-state index contributed by atoms with van der Waals surface area (Å²) in [5.41, 5.74) is 1.28. The number of aromatic nitrogens is 1. The molecular formula is C14H14FNO2. The molecule has 0 unspecified atom stereocenters. The second-order valence-corrected chi connectivity index (χ2v) is 3.85. The predicted molar refractivity (Wildman–Crippen MR) is 66.0 cm³/mol. The minimum Gasteiger partial charge on any atom is -0.436 e. The number of ether oxygens (including phenoxy) is 1. The Labute approximate surface area is 105 Å². The van der Waals surface area contributed by atoms with Gasteiger partial charge in [-0.05, 0) is 30.2 Å². The summed E-state index contributed by atoms with van der Waals surface area (Å²) < 4.78 is 19.2. The molecule has 1 aromatic heterocycles.